The van der Waals surface area contributed by atoms with Crippen LogP contribution in [-0.4, -0.2) is 18.8 Å². The second-order valence-electron chi connectivity index (χ2n) is 3.96. The van der Waals surface area contributed by atoms with Gasteiger partial charge in [0.05, 0.1) is 7.11 Å². The number of hydrogen-bond acceptors (Lipinski definition) is 3. The smallest absolute Gasteiger partial charge is 0.160 e. The van der Waals surface area contributed by atoms with E-state index in [9.17, 15) is 5.11 Å². The second kappa shape index (κ2) is 6.38. The number of phenols is 1. The molecule has 0 saturated carbocycles. The van der Waals surface area contributed by atoms with Crippen LogP contribution in [0.2, 0.25) is 0 Å². The van der Waals surface area contributed by atoms with Gasteiger partial charge in [0.1, 0.15) is 0 Å². The second-order valence-corrected chi connectivity index (χ2v) is 3.96. The van der Waals surface area contributed by atoms with Crippen molar-refractivity contribution in [3.63, 3.8) is 0 Å². The average molecular weight is 223 g/mol. The summed E-state index contributed by atoms with van der Waals surface area (Å²) in [6, 6.07) is 5.74. The Morgan fingerprint density at radius 3 is 2.81 bits per heavy atom. The molecule has 0 aromatic heterocycles. The molecule has 0 amide bonds. The molecule has 3 heteroatoms. The van der Waals surface area contributed by atoms with Gasteiger partial charge < -0.3 is 15.2 Å². The summed E-state index contributed by atoms with van der Waals surface area (Å²) in [5, 5.41) is 12.9. The predicted octanol–water partition coefficient (Wildman–Crippen LogP) is 2.85. The lowest BCUT2D eigenvalue weighted by Gasteiger charge is -2.15. The molecule has 0 spiro atoms. The first-order valence-corrected chi connectivity index (χ1v) is 5.79. The minimum Gasteiger partial charge on any atom is -0.504 e. The van der Waals surface area contributed by atoms with Crippen LogP contribution < -0.4 is 10.1 Å². The normalized spacial score (nSPS) is 12.4. The first kappa shape index (κ1) is 12.8. The van der Waals surface area contributed by atoms with Crippen molar-refractivity contribution in [2.75, 3.05) is 13.7 Å². The van der Waals surface area contributed by atoms with Crippen LogP contribution in [-0.2, 0) is 0 Å². The van der Waals surface area contributed by atoms with Crippen molar-refractivity contribution in [3.8, 4) is 11.5 Å². The number of methoxy groups -OCH3 is 1. The molecule has 2 N–H and O–H groups in total. The SMILES string of the molecule is CCCCNC(C)c1ccc(O)c(OC)c1. The molecule has 1 aromatic carbocycles. The van der Waals surface area contributed by atoms with Crippen LogP contribution in [0.3, 0.4) is 0 Å². The Hall–Kier alpha value is -1.22. The fourth-order valence-corrected chi connectivity index (χ4v) is 1.58. The van der Waals surface area contributed by atoms with E-state index in [0.717, 1.165) is 12.1 Å². The van der Waals surface area contributed by atoms with E-state index in [0.29, 0.717) is 5.75 Å². The van der Waals surface area contributed by atoms with Gasteiger partial charge in [-0.3, -0.25) is 0 Å². The third-order valence-corrected chi connectivity index (χ3v) is 2.68. The Morgan fingerprint density at radius 1 is 1.44 bits per heavy atom. The molecule has 0 bridgehead atoms. The van der Waals surface area contributed by atoms with Crippen LogP contribution in [0.5, 0.6) is 11.5 Å². The summed E-state index contributed by atoms with van der Waals surface area (Å²) >= 11 is 0. The van der Waals surface area contributed by atoms with Crippen molar-refractivity contribution >= 4 is 0 Å². The van der Waals surface area contributed by atoms with E-state index >= 15 is 0 Å². The third-order valence-electron chi connectivity index (χ3n) is 2.68. The van der Waals surface area contributed by atoms with Gasteiger partial charge >= 0.3 is 0 Å². The zero-order chi connectivity index (χ0) is 12.0. The maximum absolute atomic E-state index is 9.49. The molecule has 1 unspecified atom stereocenters. The molecule has 1 aromatic rings. The highest BCUT2D eigenvalue weighted by Gasteiger charge is 2.08. The zero-order valence-electron chi connectivity index (χ0n) is 10.3. The quantitative estimate of drug-likeness (QED) is 0.729. The van der Waals surface area contributed by atoms with E-state index in [1.54, 1.807) is 13.2 Å². The molecule has 0 radical (unpaired) electrons. The molecule has 0 fully saturated rings. The molecule has 1 atom stereocenters. The van der Waals surface area contributed by atoms with Crippen LogP contribution in [0.4, 0.5) is 0 Å². The highest BCUT2D eigenvalue weighted by atomic mass is 16.5. The number of unbranched alkanes of at least 4 members (excludes halogenated alkanes) is 1. The first-order chi connectivity index (χ1) is 7.69. The largest absolute Gasteiger partial charge is 0.504 e. The van der Waals surface area contributed by atoms with Gasteiger partial charge in [-0.05, 0) is 37.6 Å². The van der Waals surface area contributed by atoms with Crippen LogP contribution >= 0.6 is 0 Å². The highest BCUT2D eigenvalue weighted by Crippen LogP contribution is 2.28. The fraction of sp³-hybridized carbons (Fsp3) is 0.538. The van der Waals surface area contributed by atoms with E-state index < -0.39 is 0 Å². The lowest BCUT2D eigenvalue weighted by atomic mass is 10.1. The highest BCUT2D eigenvalue weighted by molar-refractivity contribution is 5.42. The number of benzene rings is 1. The minimum absolute atomic E-state index is 0.187. The van der Waals surface area contributed by atoms with Crippen LogP contribution in [0, 0.1) is 0 Å². The van der Waals surface area contributed by atoms with Crippen LogP contribution in [0.25, 0.3) is 0 Å². The lowest BCUT2D eigenvalue weighted by molar-refractivity contribution is 0.372. The van der Waals surface area contributed by atoms with Gasteiger partial charge in [0.15, 0.2) is 11.5 Å². The van der Waals surface area contributed by atoms with Gasteiger partial charge in [0, 0.05) is 6.04 Å². The minimum atomic E-state index is 0.187. The Labute approximate surface area is 97.4 Å². The van der Waals surface area contributed by atoms with Crippen molar-refractivity contribution < 1.29 is 9.84 Å². The summed E-state index contributed by atoms with van der Waals surface area (Å²) in [6.07, 6.45) is 2.37. The molecule has 0 aliphatic heterocycles. The number of ether oxygens (including phenoxy) is 1. The van der Waals surface area contributed by atoms with Crippen LogP contribution in [0.1, 0.15) is 38.3 Å². The van der Waals surface area contributed by atoms with Crippen molar-refractivity contribution in [3.05, 3.63) is 23.8 Å². The van der Waals surface area contributed by atoms with Gasteiger partial charge in [-0.2, -0.15) is 0 Å². The van der Waals surface area contributed by atoms with Crippen molar-refractivity contribution in [1.29, 1.82) is 0 Å². The number of aromatic hydroxyl groups is 1. The molecular weight excluding hydrogens is 202 g/mol. The number of rotatable bonds is 6. The Kier molecular flexibility index (Phi) is 5.12. The van der Waals surface area contributed by atoms with Crippen molar-refractivity contribution in [2.24, 2.45) is 0 Å². The van der Waals surface area contributed by atoms with Gasteiger partial charge in [-0.1, -0.05) is 19.4 Å². The number of phenolic OH excluding ortho intramolecular Hbond substituents is 1. The van der Waals surface area contributed by atoms with E-state index in [2.05, 4.69) is 19.2 Å². The lowest BCUT2D eigenvalue weighted by Crippen LogP contribution is -2.19. The van der Waals surface area contributed by atoms with Gasteiger partial charge in [0.2, 0.25) is 0 Å². The molecule has 90 valence electrons. The van der Waals surface area contributed by atoms with Gasteiger partial charge in [0.25, 0.3) is 0 Å². The molecule has 0 aliphatic rings. The summed E-state index contributed by atoms with van der Waals surface area (Å²) in [7, 11) is 1.56. The number of nitrogens with one attached hydrogen (secondary N) is 1. The van der Waals surface area contributed by atoms with E-state index in [-0.39, 0.29) is 11.8 Å². The zero-order valence-corrected chi connectivity index (χ0v) is 10.3. The summed E-state index contributed by atoms with van der Waals surface area (Å²) < 4.78 is 5.08. The third kappa shape index (κ3) is 3.42. The standard InChI is InChI=1S/C13H21NO2/c1-4-5-8-14-10(2)11-6-7-12(15)13(9-11)16-3/h6-7,9-10,14-15H,4-5,8H2,1-3H3. The summed E-state index contributed by atoms with van der Waals surface area (Å²) in [5.74, 6) is 0.716. The molecule has 0 heterocycles. The number of hydrogen-bond donors (Lipinski definition) is 2. The van der Waals surface area contributed by atoms with Crippen molar-refractivity contribution in [1.82, 2.24) is 5.32 Å². The molecule has 0 saturated heterocycles. The van der Waals surface area contributed by atoms with E-state index in [1.165, 1.54) is 12.8 Å². The predicted molar refractivity (Wildman–Crippen MR) is 66.0 cm³/mol. The van der Waals surface area contributed by atoms with Crippen molar-refractivity contribution in [2.45, 2.75) is 32.7 Å². The molecular formula is C13H21NO2. The topological polar surface area (TPSA) is 41.5 Å². The molecule has 0 aliphatic carbocycles. The Bertz CT molecular complexity index is 326. The molecule has 16 heavy (non-hydrogen) atoms. The molecule has 3 nitrogen and oxygen atoms in total. The summed E-state index contributed by atoms with van der Waals surface area (Å²) in [4.78, 5) is 0. The monoisotopic (exact) mass is 223 g/mol. The van der Waals surface area contributed by atoms with Gasteiger partial charge in [-0.25, -0.2) is 0 Å². The van der Waals surface area contributed by atoms with E-state index in [1.807, 2.05) is 12.1 Å². The Morgan fingerprint density at radius 2 is 2.19 bits per heavy atom. The van der Waals surface area contributed by atoms with Gasteiger partial charge in [-0.15, -0.1) is 0 Å². The average Bonchev–Trinajstić information content (AvgIpc) is 2.30. The first-order valence-electron chi connectivity index (χ1n) is 5.79. The van der Waals surface area contributed by atoms with E-state index in [4.69, 9.17) is 4.74 Å². The Balaban J connectivity index is 2.64. The molecule has 1 rings (SSSR count). The van der Waals surface area contributed by atoms with Crippen LogP contribution in [0.15, 0.2) is 18.2 Å². The maximum atomic E-state index is 9.49. The fourth-order valence-electron chi connectivity index (χ4n) is 1.58. The summed E-state index contributed by atoms with van der Waals surface area (Å²) in [6.45, 7) is 5.30. The summed E-state index contributed by atoms with van der Waals surface area (Å²) in [5.41, 5.74) is 1.13. The maximum Gasteiger partial charge on any atom is 0.160 e.